The van der Waals surface area contributed by atoms with Crippen molar-refractivity contribution in [3.8, 4) is 0 Å². The van der Waals surface area contributed by atoms with Crippen LogP contribution in [0.3, 0.4) is 0 Å². The summed E-state index contributed by atoms with van der Waals surface area (Å²) in [5.74, 6) is 3.77. The highest BCUT2D eigenvalue weighted by molar-refractivity contribution is 5.04. The molecule has 0 spiro atoms. The first-order valence-electron chi connectivity index (χ1n) is 7.46. The highest BCUT2D eigenvalue weighted by Crippen LogP contribution is 2.63. The van der Waals surface area contributed by atoms with E-state index < -0.39 is 0 Å². The second-order valence-corrected chi connectivity index (χ2v) is 6.75. The molecule has 1 aliphatic carbocycles. The fourth-order valence-corrected chi connectivity index (χ4v) is 3.84. The maximum absolute atomic E-state index is 2.50. The third kappa shape index (κ3) is 3.02. The Bertz CT molecular complexity index is 206. The molecule has 0 aromatic heterocycles. The summed E-state index contributed by atoms with van der Waals surface area (Å²) < 4.78 is 0. The third-order valence-corrected chi connectivity index (χ3v) is 5.05. The first-order chi connectivity index (χ1) is 7.46. The lowest BCUT2D eigenvalue weighted by atomic mass is 9.81. The molecular formula is C16H32. The van der Waals surface area contributed by atoms with Gasteiger partial charge in [0.25, 0.3) is 0 Å². The van der Waals surface area contributed by atoms with Crippen LogP contribution < -0.4 is 0 Å². The van der Waals surface area contributed by atoms with Gasteiger partial charge in [0.05, 0.1) is 0 Å². The van der Waals surface area contributed by atoms with Crippen molar-refractivity contribution in [3.05, 3.63) is 0 Å². The van der Waals surface area contributed by atoms with Gasteiger partial charge in [-0.05, 0) is 41.9 Å². The van der Waals surface area contributed by atoms with Crippen LogP contribution in [0, 0.1) is 29.1 Å². The van der Waals surface area contributed by atoms with E-state index in [1.165, 1.54) is 32.1 Å². The van der Waals surface area contributed by atoms with Crippen molar-refractivity contribution < 1.29 is 0 Å². The standard InChI is InChI=1S/C16H32/c1-7-9-13(5)14(6)15-11-16(15,8-2)10-12(3)4/h12-15H,7-11H2,1-6H3. The van der Waals surface area contributed by atoms with Crippen molar-refractivity contribution in [2.45, 2.75) is 73.6 Å². The molecule has 0 aromatic carbocycles. The SMILES string of the molecule is CCCC(C)C(C)C1CC1(CC)CC(C)C. The van der Waals surface area contributed by atoms with Crippen molar-refractivity contribution in [1.29, 1.82) is 0 Å². The normalized spacial score (nSPS) is 32.8. The maximum Gasteiger partial charge on any atom is -0.0264 e. The molecule has 0 heterocycles. The predicted octanol–water partition coefficient (Wildman–Crippen LogP) is 5.52. The summed E-state index contributed by atoms with van der Waals surface area (Å²) >= 11 is 0. The number of hydrogen-bond donors (Lipinski definition) is 0. The van der Waals surface area contributed by atoms with E-state index in [-0.39, 0.29) is 0 Å². The molecule has 4 unspecified atom stereocenters. The quantitative estimate of drug-likeness (QED) is 0.534. The van der Waals surface area contributed by atoms with Crippen LogP contribution in [0.15, 0.2) is 0 Å². The van der Waals surface area contributed by atoms with Gasteiger partial charge in [-0.15, -0.1) is 0 Å². The zero-order valence-electron chi connectivity index (χ0n) is 12.3. The summed E-state index contributed by atoms with van der Waals surface area (Å²) in [4.78, 5) is 0. The molecule has 1 fully saturated rings. The molecule has 1 aliphatic rings. The lowest BCUT2D eigenvalue weighted by Crippen LogP contribution is -2.16. The van der Waals surface area contributed by atoms with Crippen LogP contribution in [-0.4, -0.2) is 0 Å². The Morgan fingerprint density at radius 2 is 1.75 bits per heavy atom. The molecular weight excluding hydrogens is 192 g/mol. The summed E-state index contributed by atoms with van der Waals surface area (Å²) in [6, 6.07) is 0. The smallest absolute Gasteiger partial charge is 0.0264 e. The zero-order valence-corrected chi connectivity index (χ0v) is 12.3. The second-order valence-electron chi connectivity index (χ2n) is 6.75. The van der Waals surface area contributed by atoms with Crippen LogP contribution >= 0.6 is 0 Å². The summed E-state index contributed by atoms with van der Waals surface area (Å²) in [7, 11) is 0. The second kappa shape index (κ2) is 5.56. The van der Waals surface area contributed by atoms with Gasteiger partial charge in [0, 0.05) is 0 Å². The molecule has 0 bridgehead atoms. The summed E-state index contributed by atoms with van der Waals surface area (Å²) in [5, 5.41) is 0. The average molecular weight is 224 g/mol. The summed E-state index contributed by atoms with van der Waals surface area (Å²) in [6.07, 6.45) is 7.13. The van der Waals surface area contributed by atoms with Crippen LogP contribution in [0.4, 0.5) is 0 Å². The minimum Gasteiger partial charge on any atom is -0.0654 e. The largest absolute Gasteiger partial charge is 0.0654 e. The topological polar surface area (TPSA) is 0 Å². The van der Waals surface area contributed by atoms with E-state index in [9.17, 15) is 0 Å². The minimum absolute atomic E-state index is 0.732. The van der Waals surface area contributed by atoms with Crippen molar-refractivity contribution in [1.82, 2.24) is 0 Å². The Morgan fingerprint density at radius 3 is 2.19 bits per heavy atom. The molecule has 0 aliphatic heterocycles. The number of hydrogen-bond acceptors (Lipinski definition) is 0. The van der Waals surface area contributed by atoms with Crippen molar-refractivity contribution in [3.63, 3.8) is 0 Å². The third-order valence-electron chi connectivity index (χ3n) is 5.05. The molecule has 0 radical (unpaired) electrons. The molecule has 1 rings (SSSR count). The molecule has 1 saturated carbocycles. The molecule has 0 amide bonds. The van der Waals surface area contributed by atoms with Gasteiger partial charge in [0.1, 0.15) is 0 Å². The summed E-state index contributed by atoms with van der Waals surface area (Å²) in [6.45, 7) is 14.4. The Morgan fingerprint density at radius 1 is 1.12 bits per heavy atom. The van der Waals surface area contributed by atoms with Crippen molar-refractivity contribution >= 4 is 0 Å². The fraction of sp³-hybridized carbons (Fsp3) is 1.00. The van der Waals surface area contributed by atoms with E-state index in [0.717, 1.165) is 29.1 Å². The van der Waals surface area contributed by atoms with Gasteiger partial charge < -0.3 is 0 Å². The van der Waals surface area contributed by atoms with Crippen LogP contribution in [-0.2, 0) is 0 Å². The number of rotatable bonds is 7. The lowest BCUT2D eigenvalue weighted by Gasteiger charge is -2.25. The van der Waals surface area contributed by atoms with Gasteiger partial charge in [-0.3, -0.25) is 0 Å². The van der Waals surface area contributed by atoms with E-state index in [4.69, 9.17) is 0 Å². The average Bonchev–Trinajstić information content (AvgIpc) is 2.91. The van der Waals surface area contributed by atoms with Gasteiger partial charge in [-0.25, -0.2) is 0 Å². The first-order valence-corrected chi connectivity index (χ1v) is 7.46. The predicted molar refractivity (Wildman–Crippen MR) is 73.5 cm³/mol. The molecule has 4 atom stereocenters. The van der Waals surface area contributed by atoms with Crippen molar-refractivity contribution in [2.24, 2.45) is 29.1 Å². The lowest BCUT2D eigenvalue weighted by molar-refractivity contribution is 0.249. The van der Waals surface area contributed by atoms with Crippen LogP contribution in [0.25, 0.3) is 0 Å². The Balaban J connectivity index is 2.51. The van der Waals surface area contributed by atoms with Gasteiger partial charge in [0.15, 0.2) is 0 Å². The van der Waals surface area contributed by atoms with Crippen LogP contribution in [0.2, 0.25) is 0 Å². The van der Waals surface area contributed by atoms with Gasteiger partial charge in [-0.2, -0.15) is 0 Å². The van der Waals surface area contributed by atoms with E-state index in [0.29, 0.717) is 0 Å². The molecule has 0 N–H and O–H groups in total. The summed E-state index contributed by atoms with van der Waals surface area (Å²) in [5.41, 5.74) is 0.732. The maximum atomic E-state index is 2.50. The highest BCUT2D eigenvalue weighted by Gasteiger charge is 2.54. The monoisotopic (exact) mass is 224 g/mol. The first kappa shape index (κ1) is 14.1. The van der Waals surface area contributed by atoms with E-state index in [1.54, 1.807) is 0 Å². The molecule has 96 valence electrons. The van der Waals surface area contributed by atoms with Gasteiger partial charge in [0.2, 0.25) is 0 Å². The Labute approximate surface area is 103 Å². The van der Waals surface area contributed by atoms with E-state index in [1.807, 2.05) is 0 Å². The van der Waals surface area contributed by atoms with Gasteiger partial charge >= 0.3 is 0 Å². The van der Waals surface area contributed by atoms with E-state index >= 15 is 0 Å². The highest BCUT2D eigenvalue weighted by atomic mass is 14.6. The minimum atomic E-state index is 0.732. The zero-order chi connectivity index (χ0) is 12.3. The molecule has 0 saturated heterocycles. The van der Waals surface area contributed by atoms with Gasteiger partial charge in [-0.1, -0.05) is 60.8 Å². The van der Waals surface area contributed by atoms with Crippen LogP contribution in [0.1, 0.15) is 73.6 Å². The Hall–Kier alpha value is 0. The van der Waals surface area contributed by atoms with Crippen molar-refractivity contribution in [2.75, 3.05) is 0 Å². The molecule has 0 aromatic rings. The van der Waals surface area contributed by atoms with E-state index in [2.05, 4.69) is 41.5 Å². The molecule has 0 heteroatoms. The van der Waals surface area contributed by atoms with Crippen LogP contribution in [0.5, 0.6) is 0 Å². The molecule has 0 nitrogen and oxygen atoms in total. The Kier molecular flexibility index (Phi) is 4.88. The molecule has 16 heavy (non-hydrogen) atoms. The fourth-order valence-electron chi connectivity index (χ4n) is 3.84.